The first-order chi connectivity index (χ1) is 12.6. The first-order valence-electron chi connectivity index (χ1n) is 8.52. The average molecular weight is 351 g/mol. The van der Waals surface area contributed by atoms with E-state index in [4.69, 9.17) is 4.74 Å². The maximum atomic E-state index is 12.7. The first kappa shape index (κ1) is 17.7. The molecule has 0 saturated heterocycles. The normalized spacial score (nSPS) is 16.9. The van der Waals surface area contributed by atoms with Gasteiger partial charge in [0.25, 0.3) is 5.91 Å². The summed E-state index contributed by atoms with van der Waals surface area (Å²) in [6.07, 6.45) is 0.229. The van der Waals surface area contributed by atoms with Crippen LogP contribution in [0.25, 0.3) is 0 Å². The predicted molar refractivity (Wildman–Crippen MR) is 97.7 cm³/mol. The van der Waals surface area contributed by atoms with Crippen LogP contribution >= 0.6 is 0 Å². The van der Waals surface area contributed by atoms with E-state index in [1.807, 2.05) is 54.6 Å². The van der Waals surface area contributed by atoms with Crippen molar-refractivity contribution in [3.63, 3.8) is 0 Å². The van der Waals surface area contributed by atoms with Gasteiger partial charge in [-0.15, -0.1) is 0 Å². The van der Waals surface area contributed by atoms with Gasteiger partial charge in [0.15, 0.2) is 11.5 Å². The molecule has 5 nitrogen and oxygen atoms in total. The lowest BCUT2D eigenvalue weighted by molar-refractivity contribution is -0.130. The molecule has 1 N–H and O–H groups in total. The minimum absolute atomic E-state index is 0.178. The van der Waals surface area contributed by atoms with E-state index in [0.29, 0.717) is 0 Å². The number of ketones is 1. The van der Waals surface area contributed by atoms with Crippen molar-refractivity contribution in [2.75, 3.05) is 7.11 Å². The molecule has 26 heavy (non-hydrogen) atoms. The highest BCUT2D eigenvalue weighted by molar-refractivity contribution is 6.08. The van der Waals surface area contributed by atoms with Crippen molar-refractivity contribution in [1.29, 1.82) is 0 Å². The standard InChI is InChI=1S/C21H21NO4/c1-3-17(23)18-19(15-7-5-4-6-8-15)22(21(25)20(18)24)13-14-9-11-16(26-2)12-10-14/h4-12,19,24H,3,13H2,1-2H3. The molecule has 5 heteroatoms. The topological polar surface area (TPSA) is 66.8 Å². The Labute approximate surface area is 152 Å². The van der Waals surface area contributed by atoms with Crippen LogP contribution in [-0.2, 0) is 16.1 Å². The Morgan fingerprint density at radius 3 is 2.35 bits per heavy atom. The number of amides is 1. The largest absolute Gasteiger partial charge is 0.503 e. The van der Waals surface area contributed by atoms with E-state index >= 15 is 0 Å². The maximum Gasteiger partial charge on any atom is 0.290 e. The minimum Gasteiger partial charge on any atom is -0.503 e. The van der Waals surface area contributed by atoms with E-state index in [-0.39, 0.29) is 24.3 Å². The lowest BCUT2D eigenvalue weighted by Crippen LogP contribution is -2.30. The monoisotopic (exact) mass is 351 g/mol. The van der Waals surface area contributed by atoms with Gasteiger partial charge in [-0.05, 0) is 23.3 Å². The van der Waals surface area contributed by atoms with Crippen LogP contribution in [0.2, 0.25) is 0 Å². The molecule has 1 aliphatic heterocycles. The third-order valence-corrected chi connectivity index (χ3v) is 4.55. The van der Waals surface area contributed by atoms with Crippen molar-refractivity contribution in [1.82, 2.24) is 4.90 Å². The summed E-state index contributed by atoms with van der Waals surface area (Å²) in [7, 11) is 1.59. The van der Waals surface area contributed by atoms with Crippen LogP contribution in [0.1, 0.15) is 30.5 Å². The van der Waals surface area contributed by atoms with Crippen LogP contribution < -0.4 is 4.74 Å². The second-order valence-electron chi connectivity index (χ2n) is 6.13. The Morgan fingerprint density at radius 1 is 1.12 bits per heavy atom. The Balaban J connectivity index is 1.99. The van der Waals surface area contributed by atoms with E-state index in [0.717, 1.165) is 16.9 Å². The molecule has 1 amide bonds. The maximum absolute atomic E-state index is 12.7. The summed E-state index contributed by atoms with van der Waals surface area (Å²) in [5.41, 5.74) is 1.87. The smallest absolute Gasteiger partial charge is 0.290 e. The van der Waals surface area contributed by atoms with Gasteiger partial charge in [-0.1, -0.05) is 49.4 Å². The van der Waals surface area contributed by atoms with E-state index in [2.05, 4.69) is 0 Å². The number of carbonyl (C=O) groups is 2. The summed E-state index contributed by atoms with van der Waals surface area (Å²) in [5, 5.41) is 10.4. The summed E-state index contributed by atoms with van der Waals surface area (Å²) < 4.78 is 5.16. The molecular weight excluding hydrogens is 330 g/mol. The summed E-state index contributed by atoms with van der Waals surface area (Å²) in [4.78, 5) is 26.6. The zero-order valence-corrected chi connectivity index (χ0v) is 14.8. The molecule has 1 atom stereocenters. The molecule has 1 unspecified atom stereocenters. The van der Waals surface area contributed by atoms with E-state index in [9.17, 15) is 14.7 Å². The molecule has 0 bridgehead atoms. The van der Waals surface area contributed by atoms with Gasteiger partial charge in [-0.3, -0.25) is 9.59 Å². The fraction of sp³-hybridized carbons (Fsp3) is 0.238. The zero-order valence-electron chi connectivity index (χ0n) is 14.8. The van der Waals surface area contributed by atoms with Crippen molar-refractivity contribution in [2.24, 2.45) is 0 Å². The van der Waals surface area contributed by atoms with E-state index in [1.165, 1.54) is 4.90 Å². The number of methoxy groups -OCH3 is 1. The highest BCUT2D eigenvalue weighted by atomic mass is 16.5. The highest BCUT2D eigenvalue weighted by Crippen LogP contribution is 2.39. The number of carbonyl (C=O) groups excluding carboxylic acids is 2. The average Bonchev–Trinajstić information content (AvgIpc) is 2.93. The number of rotatable bonds is 6. The van der Waals surface area contributed by atoms with Crippen molar-refractivity contribution in [2.45, 2.75) is 25.9 Å². The molecule has 0 aromatic heterocycles. The van der Waals surface area contributed by atoms with Gasteiger partial charge < -0.3 is 14.7 Å². The van der Waals surface area contributed by atoms with Gasteiger partial charge in [0.1, 0.15) is 5.75 Å². The third kappa shape index (κ3) is 3.20. The quantitative estimate of drug-likeness (QED) is 0.864. The Morgan fingerprint density at radius 2 is 1.77 bits per heavy atom. The summed E-state index contributed by atoms with van der Waals surface area (Å²) in [6, 6.07) is 16.1. The number of Topliss-reactive ketones (excluding diaryl/α,β-unsaturated/α-hetero) is 1. The van der Waals surface area contributed by atoms with Crippen LogP contribution in [0, 0.1) is 0 Å². The van der Waals surface area contributed by atoms with E-state index in [1.54, 1.807) is 14.0 Å². The second kappa shape index (κ2) is 7.44. The lowest BCUT2D eigenvalue weighted by atomic mass is 9.95. The van der Waals surface area contributed by atoms with Crippen LogP contribution in [0.3, 0.4) is 0 Å². The molecule has 134 valence electrons. The van der Waals surface area contributed by atoms with Crippen molar-refractivity contribution in [3.05, 3.63) is 77.1 Å². The Kier molecular flexibility index (Phi) is 5.07. The SMILES string of the molecule is CCC(=O)C1=C(O)C(=O)N(Cc2ccc(OC)cc2)C1c1ccccc1. The molecule has 0 saturated carbocycles. The number of aliphatic hydroxyl groups excluding tert-OH is 1. The summed E-state index contributed by atoms with van der Waals surface area (Å²) >= 11 is 0. The van der Waals surface area contributed by atoms with Gasteiger partial charge >= 0.3 is 0 Å². The predicted octanol–water partition coefficient (Wildman–Crippen LogP) is 3.57. The van der Waals surface area contributed by atoms with Gasteiger partial charge in [-0.2, -0.15) is 0 Å². The molecule has 0 fully saturated rings. The summed E-state index contributed by atoms with van der Waals surface area (Å²) in [5.74, 6) is -0.462. The van der Waals surface area contributed by atoms with Crippen LogP contribution in [0.15, 0.2) is 65.9 Å². The molecule has 0 radical (unpaired) electrons. The fourth-order valence-corrected chi connectivity index (χ4v) is 3.20. The van der Waals surface area contributed by atoms with Gasteiger partial charge in [-0.25, -0.2) is 0 Å². The molecule has 2 aromatic rings. The molecule has 0 aliphatic carbocycles. The van der Waals surface area contributed by atoms with Gasteiger partial charge in [0, 0.05) is 13.0 Å². The van der Waals surface area contributed by atoms with Crippen molar-refractivity contribution >= 4 is 11.7 Å². The number of nitrogens with zero attached hydrogens (tertiary/aromatic N) is 1. The molecular formula is C21H21NO4. The second-order valence-corrected chi connectivity index (χ2v) is 6.13. The Hall–Kier alpha value is -3.08. The van der Waals surface area contributed by atoms with Crippen LogP contribution in [-0.4, -0.2) is 28.8 Å². The number of hydrogen-bond donors (Lipinski definition) is 1. The van der Waals surface area contributed by atoms with E-state index < -0.39 is 17.7 Å². The van der Waals surface area contributed by atoms with Crippen LogP contribution in [0.5, 0.6) is 5.75 Å². The fourth-order valence-electron chi connectivity index (χ4n) is 3.20. The minimum atomic E-state index is -0.585. The van der Waals surface area contributed by atoms with Crippen LogP contribution in [0.4, 0.5) is 0 Å². The lowest BCUT2D eigenvalue weighted by Gasteiger charge is -2.27. The van der Waals surface area contributed by atoms with Gasteiger partial charge in [0.2, 0.25) is 0 Å². The van der Waals surface area contributed by atoms with Crippen molar-refractivity contribution < 1.29 is 19.4 Å². The molecule has 3 rings (SSSR count). The molecule has 1 heterocycles. The zero-order chi connectivity index (χ0) is 18.7. The summed E-state index contributed by atoms with van der Waals surface area (Å²) in [6.45, 7) is 2.01. The molecule has 0 spiro atoms. The molecule has 1 aliphatic rings. The number of ether oxygens (including phenoxy) is 1. The van der Waals surface area contributed by atoms with Crippen molar-refractivity contribution in [3.8, 4) is 5.75 Å². The number of benzene rings is 2. The third-order valence-electron chi connectivity index (χ3n) is 4.55. The molecule has 2 aromatic carbocycles. The highest BCUT2D eigenvalue weighted by Gasteiger charge is 2.42. The number of hydrogen-bond acceptors (Lipinski definition) is 4. The van der Waals surface area contributed by atoms with Gasteiger partial charge in [0.05, 0.1) is 18.7 Å². The number of aliphatic hydroxyl groups is 1. The first-order valence-corrected chi connectivity index (χ1v) is 8.52. The Bertz CT molecular complexity index is 840.